The first-order chi connectivity index (χ1) is 11.8. The van der Waals surface area contributed by atoms with Crippen LogP contribution in [0.2, 0.25) is 0 Å². The maximum absolute atomic E-state index is 12.5. The summed E-state index contributed by atoms with van der Waals surface area (Å²) in [6.07, 6.45) is 1.21. The molecule has 138 valence electrons. The Kier molecular flexibility index (Phi) is 6.58. The lowest BCUT2D eigenvalue weighted by Crippen LogP contribution is -2.38. The Morgan fingerprint density at radius 2 is 1.96 bits per heavy atom. The minimum absolute atomic E-state index is 0.0494. The number of hydrogen-bond donors (Lipinski definition) is 1. The van der Waals surface area contributed by atoms with E-state index in [1.54, 1.807) is 0 Å². The number of rotatable bonds is 7. The molecule has 1 heterocycles. The van der Waals surface area contributed by atoms with Gasteiger partial charge in [-0.1, -0.05) is 50.6 Å². The molecule has 1 N–H and O–H groups in total. The van der Waals surface area contributed by atoms with Crippen LogP contribution in [0, 0.1) is 5.92 Å². The first-order valence-electron chi connectivity index (χ1n) is 8.53. The molecule has 1 aromatic rings. The van der Waals surface area contributed by atoms with Crippen LogP contribution in [0.3, 0.4) is 0 Å². The van der Waals surface area contributed by atoms with Crippen molar-refractivity contribution in [1.29, 1.82) is 0 Å². The molecule has 0 aromatic heterocycles. The van der Waals surface area contributed by atoms with Gasteiger partial charge in [0.1, 0.15) is 0 Å². The average Bonchev–Trinajstić information content (AvgIpc) is 2.92. The maximum Gasteiger partial charge on any atom is 0.314 e. The van der Waals surface area contributed by atoms with E-state index in [-0.39, 0.29) is 17.4 Å². The molecule has 0 unspecified atom stereocenters. The summed E-state index contributed by atoms with van der Waals surface area (Å²) < 4.78 is 28.0. The van der Waals surface area contributed by atoms with E-state index >= 15 is 0 Å². The topological polar surface area (TPSA) is 89.5 Å². The van der Waals surface area contributed by atoms with E-state index in [9.17, 15) is 18.0 Å². The van der Waals surface area contributed by atoms with Gasteiger partial charge in [-0.3, -0.25) is 9.59 Å². The Morgan fingerprint density at radius 3 is 2.52 bits per heavy atom. The van der Waals surface area contributed by atoms with Gasteiger partial charge < -0.3 is 10.1 Å². The molecule has 2 rings (SSSR count). The summed E-state index contributed by atoms with van der Waals surface area (Å²) in [7, 11) is -3.06. The number of sulfone groups is 1. The van der Waals surface area contributed by atoms with Crippen LogP contribution in [-0.4, -0.2) is 44.4 Å². The fourth-order valence-electron chi connectivity index (χ4n) is 3.00. The minimum atomic E-state index is -3.06. The molecule has 0 radical (unpaired) electrons. The summed E-state index contributed by atoms with van der Waals surface area (Å²) in [4.78, 5) is 24.4. The molecule has 1 amide bonds. The monoisotopic (exact) mass is 367 g/mol. The molecule has 0 spiro atoms. The van der Waals surface area contributed by atoms with Crippen molar-refractivity contribution in [3.05, 3.63) is 35.9 Å². The number of carbonyl (C=O) groups excluding carboxylic acids is 2. The standard InChI is InChI=1S/C18H25NO5S/c1-3-13(2)17(14-7-5-4-6-8-14)18(21)24-11-16(20)19-15-9-10-25(22,23)12-15/h4-8,13,15,17H,3,9-12H2,1-2H3,(H,19,20)/t13-,15+,17-/m0/s1. The molecular weight excluding hydrogens is 342 g/mol. The molecule has 0 aliphatic carbocycles. The Bertz CT molecular complexity index is 701. The first kappa shape index (κ1) is 19.4. The molecule has 0 bridgehead atoms. The highest BCUT2D eigenvalue weighted by Gasteiger charge is 2.30. The second kappa shape index (κ2) is 8.47. The molecule has 1 fully saturated rings. The normalized spacial score (nSPS) is 21.3. The van der Waals surface area contributed by atoms with Gasteiger partial charge in [0.15, 0.2) is 16.4 Å². The third-order valence-electron chi connectivity index (χ3n) is 4.57. The van der Waals surface area contributed by atoms with Crippen molar-refractivity contribution in [2.75, 3.05) is 18.1 Å². The number of carbonyl (C=O) groups is 2. The van der Waals surface area contributed by atoms with Crippen molar-refractivity contribution in [3.63, 3.8) is 0 Å². The van der Waals surface area contributed by atoms with Crippen molar-refractivity contribution < 1.29 is 22.7 Å². The largest absolute Gasteiger partial charge is 0.455 e. The number of amides is 1. The Balaban J connectivity index is 1.91. The summed E-state index contributed by atoms with van der Waals surface area (Å²) in [5, 5.41) is 2.62. The van der Waals surface area contributed by atoms with Crippen molar-refractivity contribution in [2.24, 2.45) is 5.92 Å². The third kappa shape index (κ3) is 5.56. The van der Waals surface area contributed by atoms with Crippen molar-refractivity contribution in [1.82, 2.24) is 5.32 Å². The van der Waals surface area contributed by atoms with Crippen LogP contribution < -0.4 is 5.32 Å². The number of benzene rings is 1. The quantitative estimate of drug-likeness (QED) is 0.741. The molecule has 1 aliphatic rings. The molecule has 0 saturated carbocycles. The van der Waals surface area contributed by atoms with Gasteiger partial charge in [-0.15, -0.1) is 0 Å². The van der Waals surface area contributed by atoms with E-state index in [2.05, 4.69) is 5.32 Å². The van der Waals surface area contributed by atoms with E-state index in [0.29, 0.717) is 6.42 Å². The lowest BCUT2D eigenvalue weighted by molar-refractivity contribution is -0.151. The first-order valence-corrected chi connectivity index (χ1v) is 10.4. The number of esters is 1. The maximum atomic E-state index is 12.5. The molecule has 25 heavy (non-hydrogen) atoms. The fraction of sp³-hybridized carbons (Fsp3) is 0.556. The summed E-state index contributed by atoms with van der Waals surface area (Å²) in [5.74, 6) is -1.21. The van der Waals surface area contributed by atoms with E-state index in [1.165, 1.54) is 0 Å². The van der Waals surface area contributed by atoms with Crippen LogP contribution in [0.1, 0.15) is 38.2 Å². The van der Waals surface area contributed by atoms with Gasteiger partial charge >= 0.3 is 5.97 Å². The lowest BCUT2D eigenvalue weighted by atomic mass is 9.86. The summed E-state index contributed by atoms with van der Waals surface area (Å²) in [6.45, 7) is 3.58. The zero-order valence-corrected chi connectivity index (χ0v) is 15.4. The zero-order chi connectivity index (χ0) is 18.4. The predicted octanol–water partition coefficient (Wildman–Crippen LogP) is 1.66. The molecular formula is C18H25NO5S. The molecule has 3 atom stereocenters. The van der Waals surface area contributed by atoms with E-state index < -0.39 is 40.3 Å². The van der Waals surface area contributed by atoms with Crippen molar-refractivity contribution >= 4 is 21.7 Å². The van der Waals surface area contributed by atoms with Crippen LogP contribution in [0.5, 0.6) is 0 Å². The zero-order valence-electron chi connectivity index (χ0n) is 14.6. The fourth-order valence-corrected chi connectivity index (χ4v) is 4.67. The van der Waals surface area contributed by atoms with Gasteiger partial charge in [0.25, 0.3) is 5.91 Å². The van der Waals surface area contributed by atoms with Gasteiger partial charge in [-0.25, -0.2) is 8.42 Å². The van der Waals surface area contributed by atoms with Crippen LogP contribution in [0.15, 0.2) is 30.3 Å². The van der Waals surface area contributed by atoms with Crippen LogP contribution in [0.4, 0.5) is 0 Å². The van der Waals surface area contributed by atoms with Crippen molar-refractivity contribution in [3.8, 4) is 0 Å². The van der Waals surface area contributed by atoms with Crippen LogP contribution in [0.25, 0.3) is 0 Å². The van der Waals surface area contributed by atoms with Gasteiger partial charge in [-0.2, -0.15) is 0 Å². The van der Waals surface area contributed by atoms with E-state index in [0.717, 1.165) is 12.0 Å². The summed E-state index contributed by atoms with van der Waals surface area (Å²) in [6, 6.07) is 8.97. The Labute approximate surface area is 148 Å². The highest BCUT2D eigenvalue weighted by Crippen LogP contribution is 2.28. The van der Waals surface area contributed by atoms with E-state index in [4.69, 9.17) is 4.74 Å². The van der Waals surface area contributed by atoms with Gasteiger partial charge in [0.2, 0.25) is 0 Å². The highest BCUT2D eigenvalue weighted by molar-refractivity contribution is 7.91. The Morgan fingerprint density at radius 1 is 1.28 bits per heavy atom. The number of ether oxygens (including phenoxy) is 1. The molecule has 1 aromatic carbocycles. The van der Waals surface area contributed by atoms with Crippen molar-refractivity contribution in [2.45, 2.75) is 38.6 Å². The smallest absolute Gasteiger partial charge is 0.314 e. The van der Waals surface area contributed by atoms with Gasteiger partial charge in [0, 0.05) is 6.04 Å². The second-order valence-corrected chi connectivity index (χ2v) is 8.78. The minimum Gasteiger partial charge on any atom is -0.455 e. The lowest BCUT2D eigenvalue weighted by Gasteiger charge is -2.22. The highest BCUT2D eigenvalue weighted by atomic mass is 32.2. The number of nitrogens with one attached hydrogen (secondary N) is 1. The number of hydrogen-bond acceptors (Lipinski definition) is 5. The van der Waals surface area contributed by atoms with Crippen LogP contribution >= 0.6 is 0 Å². The molecule has 1 aliphatic heterocycles. The summed E-state index contributed by atoms with van der Waals surface area (Å²) >= 11 is 0. The van der Waals surface area contributed by atoms with Crippen LogP contribution in [-0.2, 0) is 24.2 Å². The average molecular weight is 367 g/mol. The second-order valence-electron chi connectivity index (χ2n) is 6.55. The van der Waals surface area contributed by atoms with Gasteiger partial charge in [0.05, 0.1) is 17.4 Å². The predicted molar refractivity (Wildman–Crippen MR) is 94.8 cm³/mol. The molecule has 7 heteroatoms. The third-order valence-corrected chi connectivity index (χ3v) is 6.34. The molecule has 1 saturated heterocycles. The summed E-state index contributed by atoms with van der Waals surface area (Å²) in [5.41, 5.74) is 0.865. The van der Waals surface area contributed by atoms with E-state index in [1.807, 2.05) is 44.2 Å². The van der Waals surface area contributed by atoms with Gasteiger partial charge in [-0.05, 0) is 17.9 Å². The molecule has 6 nitrogen and oxygen atoms in total. The SMILES string of the molecule is CC[C@H](C)[C@H](C(=O)OCC(=O)N[C@@H]1CCS(=O)(=O)C1)c1ccccc1. The Hall–Kier alpha value is -1.89.